The fraction of sp³-hybridized carbons (Fsp3) is 0.562. The van der Waals surface area contributed by atoms with E-state index in [4.69, 9.17) is 10.5 Å². The summed E-state index contributed by atoms with van der Waals surface area (Å²) in [5, 5.41) is 0. The molecule has 1 aliphatic rings. The second-order valence-corrected chi connectivity index (χ2v) is 6.72. The van der Waals surface area contributed by atoms with Crippen LogP contribution in [0.15, 0.2) is 24.3 Å². The molecule has 4 nitrogen and oxygen atoms in total. The summed E-state index contributed by atoms with van der Waals surface area (Å²) in [4.78, 5) is 13.2. The number of carbonyl (C=O) groups is 1. The van der Waals surface area contributed by atoms with E-state index in [1.165, 1.54) is 4.90 Å². The van der Waals surface area contributed by atoms with Crippen molar-refractivity contribution in [2.24, 2.45) is 5.73 Å². The molecule has 2 rings (SSSR count). The van der Waals surface area contributed by atoms with Crippen molar-refractivity contribution in [2.45, 2.75) is 45.0 Å². The minimum Gasteiger partial charge on any atom is -0.444 e. The highest BCUT2D eigenvalue weighted by Crippen LogP contribution is 2.37. The van der Waals surface area contributed by atoms with Crippen molar-refractivity contribution in [1.29, 1.82) is 0 Å². The molecule has 1 saturated heterocycles. The summed E-state index contributed by atoms with van der Waals surface area (Å²) in [6.07, 6.45) is -0.473. The van der Waals surface area contributed by atoms with Gasteiger partial charge in [0.05, 0.1) is 13.1 Å². The van der Waals surface area contributed by atoms with Crippen LogP contribution in [0.25, 0.3) is 0 Å². The number of likely N-dealkylation sites (tertiary alicyclic amines) is 1. The molecule has 1 aliphatic heterocycles. The lowest BCUT2D eigenvalue weighted by Gasteiger charge is -2.44. The fourth-order valence-electron chi connectivity index (χ4n) is 2.30. The molecular formula is C16H23FN2O2. The largest absolute Gasteiger partial charge is 0.444 e. The average molecular weight is 294 g/mol. The maximum Gasteiger partial charge on any atom is 0.410 e. The quantitative estimate of drug-likeness (QED) is 0.911. The first kappa shape index (κ1) is 15.8. The number of rotatable bonds is 2. The van der Waals surface area contributed by atoms with Crippen molar-refractivity contribution < 1.29 is 13.9 Å². The van der Waals surface area contributed by atoms with Crippen LogP contribution in [0.1, 0.15) is 44.9 Å². The second kappa shape index (κ2) is 5.30. The number of carbonyl (C=O) groups excluding carboxylic acids is 1. The summed E-state index contributed by atoms with van der Waals surface area (Å²) in [7, 11) is 0. The van der Waals surface area contributed by atoms with Crippen molar-refractivity contribution >= 4 is 6.09 Å². The molecule has 2 N–H and O–H groups in total. The molecule has 1 amide bonds. The molecule has 0 saturated carbocycles. The standard InChI is InChI=1S/C16H23FN2O2/c1-11(18)12-6-5-7-13(8-12)16(17)9-19(10-16)14(20)21-15(2,3)4/h5-8,11H,9-10,18H2,1-4H3. The highest BCUT2D eigenvalue weighted by Gasteiger charge is 2.48. The van der Waals surface area contributed by atoms with Gasteiger partial charge in [-0.25, -0.2) is 9.18 Å². The highest BCUT2D eigenvalue weighted by molar-refractivity contribution is 5.70. The third-order valence-electron chi connectivity index (χ3n) is 3.46. The lowest BCUT2D eigenvalue weighted by atomic mass is 9.87. The molecular weight excluding hydrogens is 271 g/mol. The van der Waals surface area contributed by atoms with E-state index in [1.807, 2.05) is 13.0 Å². The van der Waals surface area contributed by atoms with E-state index in [-0.39, 0.29) is 19.1 Å². The molecule has 21 heavy (non-hydrogen) atoms. The van der Waals surface area contributed by atoms with Gasteiger partial charge in [-0.15, -0.1) is 0 Å². The normalized spacial score (nSPS) is 18.9. The fourth-order valence-corrected chi connectivity index (χ4v) is 2.30. The zero-order valence-electron chi connectivity index (χ0n) is 13.0. The number of ether oxygens (including phenoxy) is 1. The van der Waals surface area contributed by atoms with E-state index in [0.29, 0.717) is 5.56 Å². The summed E-state index contributed by atoms with van der Waals surface area (Å²) in [5.41, 5.74) is 5.20. The van der Waals surface area contributed by atoms with Crippen molar-refractivity contribution in [1.82, 2.24) is 4.90 Å². The zero-order valence-corrected chi connectivity index (χ0v) is 13.0. The van der Waals surface area contributed by atoms with Crippen LogP contribution in [-0.4, -0.2) is 29.7 Å². The Morgan fingerprint density at radius 1 is 1.43 bits per heavy atom. The summed E-state index contributed by atoms with van der Waals surface area (Å²) in [6, 6.07) is 7.04. The van der Waals surface area contributed by atoms with Gasteiger partial charge in [0.25, 0.3) is 0 Å². The van der Waals surface area contributed by atoms with Gasteiger partial charge < -0.3 is 15.4 Å². The van der Waals surface area contributed by atoms with Gasteiger partial charge in [0.1, 0.15) is 5.60 Å². The second-order valence-electron chi connectivity index (χ2n) is 6.72. The first-order valence-electron chi connectivity index (χ1n) is 7.14. The molecule has 116 valence electrons. The Hall–Kier alpha value is -1.62. The first-order valence-corrected chi connectivity index (χ1v) is 7.14. The monoisotopic (exact) mass is 294 g/mol. The van der Waals surface area contributed by atoms with Gasteiger partial charge >= 0.3 is 6.09 Å². The molecule has 1 aromatic carbocycles. The molecule has 1 atom stereocenters. The Balaban J connectivity index is 2.04. The molecule has 5 heteroatoms. The SMILES string of the molecule is CC(N)c1cccc(C2(F)CN(C(=O)OC(C)(C)C)C2)c1. The number of hydrogen-bond donors (Lipinski definition) is 1. The number of halogens is 1. The van der Waals surface area contributed by atoms with Crippen molar-refractivity contribution in [3.05, 3.63) is 35.4 Å². The molecule has 0 aromatic heterocycles. The number of benzene rings is 1. The van der Waals surface area contributed by atoms with E-state index in [0.717, 1.165) is 5.56 Å². The molecule has 1 unspecified atom stereocenters. The number of alkyl halides is 1. The third-order valence-corrected chi connectivity index (χ3v) is 3.46. The minimum absolute atomic E-state index is 0.0182. The van der Waals surface area contributed by atoms with Gasteiger partial charge in [-0.2, -0.15) is 0 Å². The Morgan fingerprint density at radius 3 is 2.57 bits per heavy atom. The smallest absolute Gasteiger partial charge is 0.410 e. The Labute approximate surface area is 125 Å². The molecule has 0 spiro atoms. The Bertz CT molecular complexity index is 531. The number of amides is 1. The van der Waals surface area contributed by atoms with E-state index in [1.54, 1.807) is 39.0 Å². The van der Waals surface area contributed by atoms with Gasteiger partial charge in [0, 0.05) is 6.04 Å². The number of nitrogens with zero attached hydrogens (tertiary/aromatic N) is 1. The zero-order chi connectivity index (χ0) is 15.8. The van der Waals surface area contributed by atoms with Crippen LogP contribution in [0, 0.1) is 0 Å². The lowest BCUT2D eigenvalue weighted by molar-refractivity contribution is -0.0538. The van der Waals surface area contributed by atoms with Crippen LogP contribution in [0.3, 0.4) is 0 Å². The van der Waals surface area contributed by atoms with Gasteiger partial charge in [-0.3, -0.25) is 0 Å². The van der Waals surface area contributed by atoms with Gasteiger partial charge in [-0.1, -0.05) is 24.3 Å². The Morgan fingerprint density at radius 2 is 2.05 bits per heavy atom. The van der Waals surface area contributed by atoms with E-state index in [2.05, 4.69) is 0 Å². The Kier molecular flexibility index (Phi) is 3.97. The maximum atomic E-state index is 14.8. The summed E-state index contributed by atoms with van der Waals surface area (Å²) in [5.74, 6) is 0. The summed E-state index contributed by atoms with van der Waals surface area (Å²) >= 11 is 0. The lowest BCUT2D eigenvalue weighted by Crippen LogP contribution is -2.59. The molecule has 0 radical (unpaired) electrons. The molecule has 0 bridgehead atoms. The van der Waals surface area contributed by atoms with Crippen LogP contribution < -0.4 is 5.73 Å². The maximum absolute atomic E-state index is 14.8. The molecule has 0 aliphatic carbocycles. The van der Waals surface area contributed by atoms with E-state index >= 15 is 0 Å². The predicted octanol–water partition coefficient (Wildman–Crippen LogP) is 3.12. The molecule has 1 aromatic rings. The van der Waals surface area contributed by atoms with Crippen LogP contribution in [-0.2, 0) is 10.4 Å². The molecule has 1 fully saturated rings. The third kappa shape index (κ3) is 3.53. The summed E-state index contributed by atoms with van der Waals surface area (Å²) in [6.45, 7) is 7.27. The van der Waals surface area contributed by atoms with Crippen LogP contribution in [0.2, 0.25) is 0 Å². The van der Waals surface area contributed by atoms with Gasteiger partial charge in [0.2, 0.25) is 0 Å². The van der Waals surface area contributed by atoms with Crippen LogP contribution in [0.4, 0.5) is 9.18 Å². The van der Waals surface area contributed by atoms with Crippen molar-refractivity contribution in [2.75, 3.05) is 13.1 Å². The van der Waals surface area contributed by atoms with Crippen LogP contribution >= 0.6 is 0 Å². The van der Waals surface area contributed by atoms with Gasteiger partial charge in [0.15, 0.2) is 5.67 Å². The topological polar surface area (TPSA) is 55.6 Å². The van der Waals surface area contributed by atoms with Crippen molar-refractivity contribution in [3.8, 4) is 0 Å². The van der Waals surface area contributed by atoms with E-state index in [9.17, 15) is 9.18 Å². The number of hydrogen-bond acceptors (Lipinski definition) is 3. The molecule has 1 heterocycles. The van der Waals surface area contributed by atoms with Crippen LogP contribution in [0.5, 0.6) is 0 Å². The van der Waals surface area contributed by atoms with E-state index < -0.39 is 17.4 Å². The highest BCUT2D eigenvalue weighted by atomic mass is 19.1. The number of nitrogens with two attached hydrogens (primary N) is 1. The predicted molar refractivity (Wildman–Crippen MR) is 79.6 cm³/mol. The first-order chi connectivity index (χ1) is 9.61. The average Bonchev–Trinajstić information content (AvgIpc) is 2.33. The van der Waals surface area contributed by atoms with Crippen molar-refractivity contribution in [3.63, 3.8) is 0 Å². The van der Waals surface area contributed by atoms with Gasteiger partial charge in [-0.05, 0) is 38.8 Å². The summed E-state index contributed by atoms with van der Waals surface area (Å²) < 4.78 is 20.1. The minimum atomic E-state index is -1.51.